The number of aliphatic hydroxyl groups excluding tert-OH is 2. The normalized spacial score (nSPS) is 14.5. The third-order valence-corrected chi connectivity index (χ3v) is 16.0. The molecular weight excluding hydrogens is 1450 g/mol. The van der Waals surface area contributed by atoms with Crippen molar-refractivity contribution in [3.8, 4) is 11.5 Å². The van der Waals surface area contributed by atoms with Gasteiger partial charge in [-0.2, -0.15) is 0 Å². The molecule has 0 aromatic heterocycles. The number of carbonyl (C=O) groups excluding carboxylic acids is 15. The smallest absolute Gasteiger partial charge is 0.322 e. The number of phenolic OH excluding ortho intramolecular Hbond substituents is 2. The second-order valence-electron chi connectivity index (χ2n) is 25.9. The lowest BCUT2D eigenvalue weighted by molar-refractivity contribution is -0.139. The van der Waals surface area contributed by atoms with Crippen molar-refractivity contribution in [3.05, 3.63) is 59.7 Å². The molecule has 0 saturated heterocycles. The van der Waals surface area contributed by atoms with Crippen LogP contribution >= 0.6 is 0 Å². The van der Waals surface area contributed by atoms with E-state index in [0.717, 1.165) is 13.8 Å². The molecule has 15 amide bonds. The molecule has 0 aliphatic carbocycles. The van der Waals surface area contributed by atoms with Gasteiger partial charge < -0.3 is 141 Å². The Hall–Kier alpha value is -12.1. The molecule has 35 N–H and O–H groups in total. The molecule has 44 heteroatoms. The molecule has 13 atom stereocenters. The summed E-state index contributed by atoms with van der Waals surface area (Å²) in [4.78, 5) is 224. The van der Waals surface area contributed by atoms with E-state index in [4.69, 9.17) is 51.6 Å². The Morgan fingerprint density at radius 3 is 1.05 bits per heavy atom. The lowest BCUT2D eigenvalue weighted by Gasteiger charge is -2.30. The van der Waals surface area contributed by atoms with Crippen LogP contribution < -0.4 is 115 Å². The fourth-order valence-corrected chi connectivity index (χ4v) is 10.4. The number of carboxylic acids is 1. The number of primary amides is 3. The van der Waals surface area contributed by atoms with Gasteiger partial charge in [-0.15, -0.1) is 0 Å². The topological polar surface area (TPSA) is 778 Å². The standard InChI is InChI=1S/C66H105N23O21/c1-31(2)23-41(57(103)80-38(9-5-6-20-67)54(100)78-30-51(98)99)83-60(106)45(27-48(70)95)85-56(102)40(11-8-22-77-66(74)75)81-55(101)39(10-7-21-76-65(72)73)82-58(104)42(24-34-12-16-36(92)17-13-34)87-63(109)52(32(3)90)89-64(110)53(33(4)91)88-62(108)43(25-35-14-18-37(93)19-15-35)84-61(107)46(28-49(71)96)86-59(105)44(26-47(69)94)79-50(97)29-68/h12-19,31-33,38-46,52-53,90-93H,5-11,20-30,67-68H2,1-4H3,(H2,69,94)(H2,70,95)(H2,71,96)(H,78,100)(H,79,97)(H,80,103)(H,81,101)(H,82,104)(H,83,106)(H,84,107)(H,85,102)(H,86,105)(H,87,109)(H,88,108)(H,89,110)(H,98,99)(H4,72,73,76)(H4,74,75,77)/t32-,33-,38+,39+,40+,41+,42+,43+,44+,45+,46+,52+,53+/m1/s1. The average molecular weight is 1560 g/mol. The second-order valence-corrected chi connectivity index (χ2v) is 25.9. The lowest BCUT2D eigenvalue weighted by atomic mass is 10.0. The lowest BCUT2D eigenvalue weighted by Crippen LogP contribution is -2.64. The highest BCUT2D eigenvalue weighted by atomic mass is 16.4. The van der Waals surface area contributed by atoms with Crippen LogP contribution in [-0.4, -0.2) is 243 Å². The molecule has 0 radical (unpaired) electrons. The van der Waals surface area contributed by atoms with Crippen molar-refractivity contribution in [3.63, 3.8) is 0 Å². The predicted molar refractivity (Wildman–Crippen MR) is 392 cm³/mol. The molecule has 2 rings (SSSR count). The van der Waals surface area contributed by atoms with Gasteiger partial charge in [-0.25, -0.2) is 0 Å². The third-order valence-electron chi connectivity index (χ3n) is 16.0. The summed E-state index contributed by atoms with van der Waals surface area (Å²) in [6.45, 7) is 3.87. The summed E-state index contributed by atoms with van der Waals surface area (Å²) in [5.74, 6) is -20.1. The number of hydrogen-bond donors (Lipinski definition) is 26. The highest BCUT2D eigenvalue weighted by Gasteiger charge is 2.39. The molecule has 2 aromatic carbocycles. The molecule has 0 aliphatic heterocycles. The first-order chi connectivity index (χ1) is 51.6. The van der Waals surface area contributed by atoms with E-state index in [-0.39, 0.29) is 98.6 Å². The number of benzene rings is 2. The first-order valence-electron chi connectivity index (χ1n) is 34.8. The molecule has 44 nitrogen and oxygen atoms in total. The number of unbranched alkanes of at least 4 members (excludes halogenated alkanes) is 1. The van der Waals surface area contributed by atoms with Gasteiger partial charge >= 0.3 is 5.97 Å². The number of aliphatic carboxylic acids is 1. The molecule has 0 bridgehead atoms. The Bertz CT molecular complexity index is 3560. The number of aromatic hydroxyl groups is 2. The zero-order chi connectivity index (χ0) is 83.1. The number of phenols is 2. The summed E-state index contributed by atoms with van der Waals surface area (Å²) in [7, 11) is 0. The zero-order valence-corrected chi connectivity index (χ0v) is 61.3. The van der Waals surface area contributed by atoms with Crippen LogP contribution in [0.5, 0.6) is 11.5 Å². The Labute approximate surface area is 631 Å². The number of guanidine groups is 2. The van der Waals surface area contributed by atoms with Crippen LogP contribution in [0.4, 0.5) is 0 Å². The van der Waals surface area contributed by atoms with Crippen LogP contribution in [0.15, 0.2) is 58.5 Å². The number of hydrogen-bond acceptors (Lipinski definition) is 24. The highest BCUT2D eigenvalue weighted by Crippen LogP contribution is 2.17. The van der Waals surface area contributed by atoms with Gasteiger partial charge in [0, 0.05) is 25.9 Å². The maximum absolute atomic E-state index is 14.9. The van der Waals surface area contributed by atoms with E-state index in [9.17, 15) is 102 Å². The summed E-state index contributed by atoms with van der Waals surface area (Å²) in [5.41, 5.74) is 49.9. The maximum Gasteiger partial charge on any atom is 0.322 e. The quantitative estimate of drug-likeness (QED) is 0.0166. The van der Waals surface area contributed by atoms with Crippen LogP contribution in [-0.2, 0) is 89.6 Å². The Morgan fingerprint density at radius 1 is 0.382 bits per heavy atom. The number of amides is 15. The number of carboxylic acid groups (broad SMARTS) is 1. The number of nitrogens with two attached hydrogens (primary N) is 9. The van der Waals surface area contributed by atoms with Crippen molar-refractivity contribution < 1.29 is 102 Å². The maximum atomic E-state index is 14.9. The Kier molecular flexibility index (Phi) is 41.3. The van der Waals surface area contributed by atoms with E-state index in [0.29, 0.717) is 12.8 Å². The summed E-state index contributed by atoms with van der Waals surface area (Å²) in [5, 5.41) is 79.7. The molecule has 0 spiro atoms. The monoisotopic (exact) mass is 1560 g/mol. The molecular formula is C66H105N23O21. The fourth-order valence-electron chi connectivity index (χ4n) is 10.4. The van der Waals surface area contributed by atoms with Crippen molar-refractivity contribution >= 4 is 106 Å². The first-order valence-corrected chi connectivity index (χ1v) is 34.8. The fraction of sp³-hybridized carbons (Fsp3) is 0.545. The van der Waals surface area contributed by atoms with Crippen LogP contribution in [0, 0.1) is 5.92 Å². The first kappa shape index (κ1) is 94.0. The van der Waals surface area contributed by atoms with Crippen molar-refractivity contribution in [1.82, 2.24) is 63.8 Å². The molecule has 0 aliphatic rings. The predicted octanol–water partition coefficient (Wildman–Crippen LogP) is -11.0. The van der Waals surface area contributed by atoms with Crippen molar-refractivity contribution in [2.75, 3.05) is 32.7 Å². The minimum absolute atomic E-state index is 0.00496. The largest absolute Gasteiger partial charge is 0.508 e. The summed E-state index contributed by atoms with van der Waals surface area (Å²) < 4.78 is 0. The Morgan fingerprint density at radius 2 is 0.691 bits per heavy atom. The van der Waals surface area contributed by atoms with E-state index in [1.165, 1.54) is 48.5 Å². The van der Waals surface area contributed by atoms with Gasteiger partial charge in [0.1, 0.15) is 84.5 Å². The van der Waals surface area contributed by atoms with Gasteiger partial charge in [-0.1, -0.05) is 38.1 Å². The third kappa shape index (κ3) is 36.5. The average Bonchev–Trinajstić information content (AvgIpc) is 0.828. The van der Waals surface area contributed by atoms with Crippen LogP contribution in [0.2, 0.25) is 0 Å². The molecule has 0 fully saturated rings. The second kappa shape index (κ2) is 48.3. The number of aliphatic hydroxyl groups is 2. The Balaban J connectivity index is 2.70. The molecule has 110 heavy (non-hydrogen) atoms. The van der Waals surface area contributed by atoms with Gasteiger partial charge in [0.25, 0.3) is 0 Å². The minimum atomic E-state index is -2.10. The number of nitrogens with zero attached hydrogens (tertiary/aromatic N) is 2. The van der Waals surface area contributed by atoms with Crippen molar-refractivity contribution in [1.29, 1.82) is 0 Å². The van der Waals surface area contributed by atoms with Crippen LogP contribution in [0.25, 0.3) is 0 Å². The van der Waals surface area contributed by atoms with Gasteiger partial charge in [0.2, 0.25) is 88.6 Å². The SMILES string of the molecule is CC(C)C[C@H](NC(=O)[C@H](CC(N)=O)NC(=O)[C@H](CCCN=C(N)N)NC(=O)[C@H](CCCN=C(N)N)NC(=O)[C@H](Cc1ccc(O)cc1)NC(=O)[C@@H](NC(=O)[C@@H](NC(=O)[C@H](Cc1ccc(O)cc1)NC(=O)[C@H](CC(N)=O)NC(=O)[C@H](CC(N)=O)NC(=O)CN)[C@@H](C)O)[C@@H](C)O)C(=O)N[C@@H](CCCCN)C(=O)NCC(=O)O. The number of nitrogens with one attached hydrogen (secondary N) is 12. The van der Waals surface area contributed by atoms with Crippen molar-refractivity contribution in [2.45, 2.75) is 190 Å². The molecule has 2 aromatic rings. The minimum Gasteiger partial charge on any atom is -0.508 e. The summed E-state index contributed by atoms with van der Waals surface area (Å²) in [6, 6.07) is -9.40. The van der Waals surface area contributed by atoms with Crippen LogP contribution in [0.1, 0.15) is 109 Å². The van der Waals surface area contributed by atoms with E-state index in [1.54, 1.807) is 13.8 Å². The van der Waals surface area contributed by atoms with Gasteiger partial charge in [0.05, 0.1) is 38.0 Å². The molecule has 610 valence electrons. The highest BCUT2D eigenvalue weighted by molar-refractivity contribution is 6.01. The van der Waals surface area contributed by atoms with Crippen LogP contribution in [0.3, 0.4) is 0 Å². The molecule has 0 heterocycles. The van der Waals surface area contributed by atoms with E-state index < -0.39 is 218 Å². The zero-order valence-electron chi connectivity index (χ0n) is 61.3. The number of rotatable bonds is 51. The summed E-state index contributed by atoms with van der Waals surface area (Å²) in [6.07, 6.45) is -7.65. The van der Waals surface area contributed by atoms with Gasteiger partial charge in [-0.05, 0) is 113 Å². The van der Waals surface area contributed by atoms with Crippen molar-refractivity contribution in [2.24, 2.45) is 67.5 Å². The molecule has 0 saturated carbocycles. The van der Waals surface area contributed by atoms with E-state index >= 15 is 0 Å². The van der Waals surface area contributed by atoms with Gasteiger partial charge in [0.15, 0.2) is 11.9 Å². The van der Waals surface area contributed by atoms with E-state index in [2.05, 4.69) is 73.8 Å². The summed E-state index contributed by atoms with van der Waals surface area (Å²) >= 11 is 0. The van der Waals surface area contributed by atoms with Gasteiger partial charge in [-0.3, -0.25) is 86.7 Å². The molecule has 0 unspecified atom stereocenters. The number of aliphatic imine (C=N–C) groups is 2. The number of carbonyl (C=O) groups is 16. The van der Waals surface area contributed by atoms with E-state index in [1.807, 2.05) is 0 Å².